The quantitative estimate of drug-likeness (QED) is 0.648. The molecule has 0 aliphatic carbocycles. The van der Waals surface area contributed by atoms with Crippen LogP contribution < -0.4 is 10.6 Å². The van der Waals surface area contributed by atoms with Crippen LogP contribution in [0.15, 0.2) is 48.5 Å². The van der Waals surface area contributed by atoms with Gasteiger partial charge in [0.1, 0.15) is 5.84 Å². The van der Waals surface area contributed by atoms with Crippen molar-refractivity contribution in [3.05, 3.63) is 59.7 Å². The van der Waals surface area contributed by atoms with Crippen molar-refractivity contribution in [2.24, 2.45) is 5.73 Å². The van der Waals surface area contributed by atoms with E-state index in [9.17, 15) is 0 Å². The number of nitrogens with one attached hydrogen (secondary N) is 1. The fourth-order valence-corrected chi connectivity index (χ4v) is 2.18. The average Bonchev–Trinajstić information content (AvgIpc) is 2.42. The van der Waals surface area contributed by atoms with E-state index in [1.807, 2.05) is 30.3 Å². The zero-order chi connectivity index (χ0) is 13.8. The second kappa shape index (κ2) is 5.57. The zero-order valence-electron chi connectivity index (χ0n) is 11.4. The van der Waals surface area contributed by atoms with Crippen LogP contribution >= 0.6 is 0 Å². The highest BCUT2D eigenvalue weighted by atomic mass is 15.1. The van der Waals surface area contributed by atoms with Gasteiger partial charge in [0.2, 0.25) is 0 Å². The molecule has 0 aliphatic heterocycles. The summed E-state index contributed by atoms with van der Waals surface area (Å²) in [5, 5.41) is 7.42. The topological polar surface area (TPSA) is 53.1 Å². The van der Waals surface area contributed by atoms with Crippen molar-refractivity contribution in [1.29, 1.82) is 5.41 Å². The Labute approximate surface area is 114 Å². The first-order valence-electron chi connectivity index (χ1n) is 6.41. The number of anilines is 2. The number of aryl methyl sites for hydroxylation is 1. The fraction of sp³-hybridized carbons (Fsp3) is 0.188. The lowest BCUT2D eigenvalue weighted by atomic mass is 10.1. The van der Waals surface area contributed by atoms with Crippen molar-refractivity contribution in [2.45, 2.75) is 13.8 Å². The molecule has 0 saturated heterocycles. The highest BCUT2D eigenvalue weighted by molar-refractivity contribution is 5.95. The summed E-state index contributed by atoms with van der Waals surface area (Å²) in [7, 11) is 0. The van der Waals surface area contributed by atoms with Gasteiger partial charge >= 0.3 is 0 Å². The molecule has 2 aromatic carbocycles. The summed E-state index contributed by atoms with van der Waals surface area (Å²) in [6, 6.07) is 16.1. The van der Waals surface area contributed by atoms with Crippen LogP contribution in [-0.2, 0) is 0 Å². The Morgan fingerprint density at radius 1 is 1.11 bits per heavy atom. The van der Waals surface area contributed by atoms with Crippen LogP contribution in [0.4, 0.5) is 11.4 Å². The summed E-state index contributed by atoms with van der Waals surface area (Å²) < 4.78 is 0. The molecule has 0 unspecified atom stereocenters. The van der Waals surface area contributed by atoms with E-state index in [0.717, 1.165) is 17.8 Å². The van der Waals surface area contributed by atoms with Gasteiger partial charge in [-0.2, -0.15) is 0 Å². The molecule has 0 aromatic heterocycles. The molecule has 0 amide bonds. The van der Waals surface area contributed by atoms with Crippen molar-refractivity contribution in [3.8, 4) is 0 Å². The van der Waals surface area contributed by atoms with Gasteiger partial charge in [-0.3, -0.25) is 5.41 Å². The van der Waals surface area contributed by atoms with Crippen LogP contribution in [0.3, 0.4) is 0 Å². The second-order valence-electron chi connectivity index (χ2n) is 4.49. The normalized spacial score (nSPS) is 10.2. The van der Waals surface area contributed by atoms with Gasteiger partial charge in [-0.25, -0.2) is 0 Å². The first-order valence-corrected chi connectivity index (χ1v) is 6.41. The molecule has 3 N–H and O–H groups in total. The van der Waals surface area contributed by atoms with E-state index >= 15 is 0 Å². The molecule has 0 bridgehead atoms. The van der Waals surface area contributed by atoms with Gasteiger partial charge in [0.05, 0.1) is 0 Å². The van der Waals surface area contributed by atoms with E-state index in [0.29, 0.717) is 0 Å². The zero-order valence-corrected chi connectivity index (χ0v) is 11.4. The Bertz CT molecular complexity index is 573. The lowest BCUT2D eigenvalue weighted by Gasteiger charge is -2.25. The molecule has 2 aromatic rings. The molecule has 0 atom stereocenters. The van der Waals surface area contributed by atoms with Crippen molar-refractivity contribution in [3.63, 3.8) is 0 Å². The number of nitrogens with two attached hydrogens (primary N) is 1. The number of hydrogen-bond donors (Lipinski definition) is 2. The fourth-order valence-electron chi connectivity index (χ4n) is 2.18. The van der Waals surface area contributed by atoms with Crippen molar-refractivity contribution in [2.75, 3.05) is 11.4 Å². The Hall–Kier alpha value is -2.29. The average molecular weight is 253 g/mol. The third-order valence-electron chi connectivity index (χ3n) is 3.21. The number of amidine groups is 1. The van der Waals surface area contributed by atoms with Crippen LogP contribution in [0.1, 0.15) is 18.1 Å². The SMILES string of the molecule is CCN(c1ccc(C(=N)N)cc1)c1ccccc1C. The molecule has 0 saturated carbocycles. The van der Waals surface area contributed by atoms with Gasteiger partial charge in [-0.1, -0.05) is 18.2 Å². The number of para-hydroxylation sites is 1. The first kappa shape index (κ1) is 13.1. The molecule has 98 valence electrons. The standard InChI is InChI=1S/C16H19N3/c1-3-19(15-7-5-4-6-12(15)2)14-10-8-13(9-11-14)16(17)18/h4-11H,3H2,1-2H3,(H3,17,18). The molecule has 19 heavy (non-hydrogen) atoms. The molecular formula is C16H19N3. The van der Waals surface area contributed by atoms with E-state index in [1.54, 1.807) is 0 Å². The highest BCUT2D eigenvalue weighted by Crippen LogP contribution is 2.27. The van der Waals surface area contributed by atoms with Crippen LogP contribution in [0.5, 0.6) is 0 Å². The van der Waals surface area contributed by atoms with Gasteiger partial charge in [-0.05, 0) is 49.7 Å². The lowest BCUT2D eigenvalue weighted by Crippen LogP contribution is -2.17. The summed E-state index contributed by atoms with van der Waals surface area (Å²) in [5.74, 6) is 0.102. The van der Waals surface area contributed by atoms with Crippen LogP contribution in [0.25, 0.3) is 0 Å². The van der Waals surface area contributed by atoms with E-state index in [4.69, 9.17) is 11.1 Å². The largest absolute Gasteiger partial charge is 0.384 e. The Morgan fingerprint density at radius 3 is 2.26 bits per heavy atom. The highest BCUT2D eigenvalue weighted by Gasteiger charge is 2.09. The summed E-state index contributed by atoms with van der Waals surface area (Å²) >= 11 is 0. The van der Waals surface area contributed by atoms with Crippen molar-refractivity contribution >= 4 is 17.2 Å². The molecule has 0 radical (unpaired) electrons. The molecule has 3 heteroatoms. The molecule has 0 fully saturated rings. The van der Waals surface area contributed by atoms with E-state index in [-0.39, 0.29) is 5.84 Å². The smallest absolute Gasteiger partial charge is 0.122 e. The minimum atomic E-state index is 0.102. The van der Waals surface area contributed by atoms with Gasteiger partial charge < -0.3 is 10.6 Å². The van der Waals surface area contributed by atoms with Gasteiger partial charge in [0.25, 0.3) is 0 Å². The van der Waals surface area contributed by atoms with Gasteiger partial charge in [-0.15, -0.1) is 0 Å². The number of nitrogens with zero attached hydrogens (tertiary/aromatic N) is 1. The Kier molecular flexibility index (Phi) is 3.85. The summed E-state index contributed by atoms with van der Waals surface area (Å²) in [6.07, 6.45) is 0. The molecule has 3 nitrogen and oxygen atoms in total. The predicted molar refractivity (Wildman–Crippen MR) is 81.3 cm³/mol. The summed E-state index contributed by atoms with van der Waals surface area (Å²) in [4.78, 5) is 2.25. The van der Waals surface area contributed by atoms with E-state index in [2.05, 4.69) is 36.9 Å². The van der Waals surface area contributed by atoms with Crippen LogP contribution in [0, 0.1) is 12.3 Å². The van der Waals surface area contributed by atoms with Crippen LogP contribution in [0.2, 0.25) is 0 Å². The number of benzene rings is 2. The Balaban J connectivity index is 2.37. The van der Waals surface area contributed by atoms with Crippen molar-refractivity contribution < 1.29 is 0 Å². The third-order valence-corrected chi connectivity index (χ3v) is 3.21. The Morgan fingerprint density at radius 2 is 1.74 bits per heavy atom. The minimum Gasteiger partial charge on any atom is -0.384 e. The molecule has 0 aliphatic rings. The first-order chi connectivity index (χ1) is 9.13. The van der Waals surface area contributed by atoms with Gasteiger partial charge in [0.15, 0.2) is 0 Å². The maximum Gasteiger partial charge on any atom is 0.122 e. The second-order valence-corrected chi connectivity index (χ2v) is 4.49. The number of nitrogen functional groups attached to an aromatic ring is 1. The van der Waals surface area contributed by atoms with E-state index in [1.165, 1.54) is 11.3 Å². The van der Waals surface area contributed by atoms with Gasteiger partial charge in [0, 0.05) is 23.5 Å². The number of rotatable bonds is 4. The molecule has 0 spiro atoms. The van der Waals surface area contributed by atoms with Crippen LogP contribution in [-0.4, -0.2) is 12.4 Å². The lowest BCUT2D eigenvalue weighted by molar-refractivity contribution is 1.02. The van der Waals surface area contributed by atoms with Crippen molar-refractivity contribution in [1.82, 2.24) is 0 Å². The summed E-state index contributed by atoms with van der Waals surface area (Å²) in [6.45, 7) is 5.14. The number of hydrogen-bond acceptors (Lipinski definition) is 2. The maximum absolute atomic E-state index is 7.42. The monoisotopic (exact) mass is 253 g/mol. The minimum absolute atomic E-state index is 0.102. The molecule has 0 heterocycles. The summed E-state index contributed by atoms with van der Waals surface area (Å²) in [5.41, 5.74) is 9.80. The van der Waals surface area contributed by atoms with E-state index < -0.39 is 0 Å². The third kappa shape index (κ3) is 2.76. The maximum atomic E-state index is 7.42. The molecule has 2 rings (SSSR count). The predicted octanol–water partition coefficient (Wildman–Crippen LogP) is 3.44. The molecular weight excluding hydrogens is 234 g/mol.